The van der Waals surface area contributed by atoms with Crippen LogP contribution in [0.4, 0.5) is 21.7 Å². The molecular weight excluding hydrogens is 792 g/mol. The van der Waals surface area contributed by atoms with Crippen LogP contribution in [-0.4, -0.2) is 111 Å². The SMILES string of the molecule is O=CCCCCC(CCNc1cccc2c1C(=O)N(C1CCC(=O)NC1=O)C2=O)N1CCN(c2cccc(-c3cnc4ccc(N5CCC[C@@H]5c5cccc(F)c5)nn34)n2)CC1. The molecule has 3 atom stereocenters. The summed E-state index contributed by atoms with van der Waals surface area (Å²) in [5.74, 6) is -0.695. The van der Waals surface area contributed by atoms with Crippen molar-refractivity contribution in [2.24, 2.45) is 0 Å². The number of piperazine rings is 1. The summed E-state index contributed by atoms with van der Waals surface area (Å²) >= 11 is 0. The van der Waals surface area contributed by atoms with Crippen molar-refractivity contribution < 1.29 is 28.4 Å². The van der Waals surface area contributed by atoms with Crippen LogP contribution in [0, 0.1) is 5.82 Å². The van der Waals surface area contributed by atoms with Crippen LogP contribution in [0.1, 0.15) is 90.1 Å². The Balaban J connectivity index is 0.858. The predicted molar refractivity (Wildman–Crippen MR) is 230 cm³/mol. The smallest absolute Gasteiger partial charge is 0.264 e. The second-order valence-electron chi connectivity index (χ2n) is 16.4. The maximum atomic E-state index is 14.2. The molecule has 62 heavy (non-hydrogen) atoms. The zero-order valence-corrected chi connectivity index (χ0v) is 34.4. The van der Waals surface area contributed by atoms with Crippen molar-refractivity contribution in [3.63, 3.8) is 0 Å². The molecule has 4 amide bonds. The number of nitrogens with one attached hydrogen (secondary N) is 2. The lowest BCUT2D eigenvalue weighted by Gasteiger charge is -2.40. The number of halogens is 1. The van der Waals surface area contributed by atoms with Gasteiger partial charge in [0.2, 0.25) is 11.8 Å². The van der Waals surface area contributed by atoms with Crippen molar-refractivity contribution in [1.82, 2.24) is 34.7 Å². The Hall–Kier alpha value is -6.55. The van der Waals surface area contributed by atoms with E-state index in [0.717, 1.165) is 111 Å². The zero-order valence-electron chi connectivity index (χ0n) is 34.4. The van der Waals surface area contributed by atoms with Crippen LogP contribution in [0.15, 0.2) is 79.0 Å². The van der Waals surface area contributed by atoms with Gasteiger partial charge in [0, 0.05) is 63.8 Å². The van der Waals surface area contributed by atoms with Gasteiger partial charge in [0.15, 0.2) is 5.65 Å². The first-order valence-electron chi connectivity index (χ1n) is 21.6. The number of carbonyl (C=O) groups excluding carboxylic acids is 5. The molecule has 16 heteroatoms. The van der Waals surface area contributed by atoms with Crippen LogP contribution in [-0.2, 0) is 14.4 Å². The van der Waals surface area contributed by atoms with Crippen molar-refractivity contribution in [1.29, 1.82) is 0 Å². The van der Waals surface area contributed by atoms with E-state index in [0.29, 0.717) is 24.3 Å². The molecule has 5 aromatic rings. The van der Waals surface area contributed by atoms with E-state index >= 15 is 0 Å². The molecule has 4 aliphatic rings. The number of pyridine rings is 1. The highest BCUT2D eigenvalue weighted by Crippen LogP contribution is 2.36. The number of nitrogens with zero attached hydrogens (tertiary/aromatic N) is 8. The topological polar surface area (TPSA) is 165 Å². The Morgan fingerprint density at radius 3 is 2.52 bits per heavy atom. The number of rotatable bonds is 15. The van der Waals surface area contributed by atoms with Crippen molar-refractivity contribution in [3.05, 3.63) is 102 Å². The molecule has 4 aliphatic heterocycles. The summed E-state index contributed by atoms with van der Waals surface area (Å²) in [7, 11) is 0. The summed E-state index contributed by atoms with van der Waals surface area (Å²) < 4.78 is 16.0. The molecule has 0 bridgehead atoms. The molecule has 3 saturated heterocycles. The molecule has 2 unspecified atom stereocenters. The number of imide groups is 2. The zero-order chi connectivity index (χ0) is 42.7. The van der Waals surface area contributed by atoms with Gasteiger partial charge in [-0.1, -0.05) is 30.7 Å². The minimum absolute atomic E-state index is 0.0389. The van der Waals surface area contributed by atoms with E-state index in [1.165, 1.54) is 6.07 Å². The van der Waals surface area contributed by atoms with Crippen LogP contribution in [0.3, 0.4) is 0 Å². The third-order valence-corrected chi connectivity index (χ3v) is 12.7. The number of benzene rings is 2. The van der Waals surface area contributed by atoms with Gasteiger partial charge in [-0.05, 0) is 92.6 Å². The molecule has 9 rings (SSSR count). The molecule has 0 saturated carbocycles. The molecule has 3 fully saturated rings. The van der Waals surface area contributed by atoms with Gasteiger partial charge in [0.25, 0.3) is 11.8 Å². The highest BCUT2D eigenvalue weighted by atomic mass is 19.1. The average Bonchev–Trinajstić information content (AvgIpc) is 4.01. The first-order valence-corrected chi connectivity index (χ1v) is 21.6. The number of fused-ring (bicyclic) bond motifs is 2. The standard InChI is InChI=1S/C46H49FN10O5/c47-31-9-4-8-30(28-31)36-14-7-22-55(36)41-18-17-39-49-29-38(57(39)52-41)34-12-6-15-40(50-34)54-25-23-53(24-26-54)32(10-2-1-3-27-58)20-21-48-35-13-5-11-33-43(35)46(62)56(45(33)61)37-16-19-42(59)51-44(37)60/h4-6,8-9,11-13,15,17-18,27-29,32,36-37,48H,1-3,7,10,14,16,19-26H2,(H,51,59,60)/t32?,36-,37?/m1/s1. The summed E-state index contributed by atoms with van der Waals surface area (Å²) in [4.78, 5) is 80.3. The molecule has 0 spiro atoms. The van der Waals surface area contributed by atoms with Crippen LogP contribution in [0.2, 0.25) is 0 Å². The highest BCUT2D eigenvalue weighted by Gasteiger charge is 2.45. The maximum Gasteiger partial charge on any atom is 0.264 e. The first kappa shape index (κ1) is 40.8. The molecule has 0 aliphatic carbocycles. The second kappa shape index (κ2) is 17.8. The Bertz CT molecular complexity index is 2520. The number of aromatic nitrogens is 4. The maximum absolute atomic E-state index is 14.2. The van der Waals surface area contributed by atoms with Crippen molar-refractivity contribution in [2.45, 2.75) is 75.9 Å². The molecular formula is C46H49FN10O5. The van der Waals surface area contributed by atoms with E-state index in [9.17, 15) is 28.4 Å². The van der Waals surface area contributed by atoms with Gasteiger partial charge in [-0.3, -0.25) is 34.3 Å². The van der Waals surface area contributed by atoms with E-state index in [4.69, 9.17) is 10.1 Å². The Kier molecular flexibility index (Phi) is 11.7. The van der Waals surface area contributed by atoms with Crippen molar-refractivity contribution in [2.75, 3.05) is 54.4 Å². The molecule has 0 radical (unpaired) electrons. The van der Waals surface area contributed by atoms with Crippen molar-refractivity contribution >= 4 is 52.9 Å². The second-order valence-corrected chi connectivity index (χ2v) is 16.4. The molecule has 2 N–H and O–H groups in total. The van der Waals surface area contributed by atoms with Crippen LogP contribution in [0.25, 0.3) is 17.0 Å². The van der Waals surface area contributed by atoms with Gasteiger partial charge in [0.1, 0.15) is 35.5 Å². The summed E-state index contributed by atoms with van der Waals surface area (Å²) in [5, 5.41) is 10.7. The Morgan fingerprint density at radius 2 is 1.69 bits per heavy atom. The lowest BCUT2D eigenvalue weighted by atomic mass is 10.0. The molecule has 15 nitrogen and oxygen atoms in total. The van der Waals surface area contributed by atoms with E-state index < -0.39 is 29.7 Å². The number of unbranched alkanes of at least 4 members (excludes halogenated alkanes) is 2. The van der Waals surface area contributed by atoms with E-state index in [-0.39, 0.29) is 41.9 Å². The van der Waals surface area contributed by atoms with Gasteiger partial charge in [-0.2, -0.15) is 0 Å². The quantitative estimate of drug-likeness (QED) is 0.0782. The number of anilines is 3. The van der Waals surface area contributed by atoms with Gasteiger partial charge in [0.05, 0.1) is 29.1 Å². The molecule has 7 heterocycles. The predicted octanol–water partition coefficient (Wildman–Crippen LogP) is 5.43. The van der Waals surface area contributed by atoms with Gasteiger partial charge >= 0.3 is 0 Å². The number of amides is 4. The largest absolute Gasteiger partial charge is 0.384 e. The minimum atomic E-state index is -1.03. The fourth-order valence-electron chi connectivity index (χ4n) is 9.50. The van der Waals surface area contributed by atoms with Crippen LogP contribution >= 0.6 is 0 Å². The fourth-order valence-corrected chi connectivity index (χ4v) is 9.50. The van der Waals surface area contributed by atoms with Crippen LogP contribution in [0.5, 0.6) is 0 Å². The number of piperidine rings is 1. The number of hydrogen-bond donors (Lipinski definition) is 2. The van der Waals surface area contributed by atoms with Gasteiger partial charge < -0.3 is 19.9 Å². The minimum Gasteiger partial charge on any atom is -0.384 e. The lowest BCUT2D eigenvalue weighted by Crippen LogP contribution is -2.54. The highest BCUT2D eigenvalue weighted by molar-refractivity contribution is 6.25. The first-order chi connectivity index (χ1) is 30.3. The summed E-state index contributed by atoms with van der Waals surface area (Å²) in [6.07, 6.45) is 8.74. The normalized spacial score (nSPS) is 19.9. The Labute approximate surface area is 358 Å². The van der Waals surface area contributed by atoms with Gasteiger partial charge in [-0.15, -0.1) is 5.10 Å². The Morgan fingerprint density at radius 1 is 0.855 bits per heavy atom. The van der Waals surface area contributed by atoms with Crippen LogP contribution < -0.4 is 20.4 Å². The van der Waals surface area contributed by atoms with E-state index in [2.05, 4.69) is 30.3 Å². The molecule has 320 valence electrons. The average molecular weight is 841 g/mol. The summed E-state index contributed by atoms with van der Waals surface area (Å²) in [6.45, 7) is 4.50. The third kappa shape index (κ3) is 8.13. The van der Waals surface area contributed by atoms with E-state index in [1.54, 1.807) is 36.5 Å². The third-order valence-electron chi connectivity index (χ3n) is 12.7. The number of aldehydes is 1. The number of hydrogen-bond acceptors (Lipinski definition) is 12. The molecule has 2 aromatic carbocycles. The summed E-state index contributed by atoms with van der Waals surface area (Å²) in [6, 6.07) is 21.1. The number of carbonyl (C=O) groups is 5. The molecule has 3 aromatic heterocycles. The fraction of sp³-hybridized carbons (Fsp3) is 0.391. The lowest BCUT2D eigenvalue weighted by molar-refractivity contribution is -0.136. The van der Waals surface area contributed by atoms with Crippen molar-refractivity contribution in [3.8, 4) is 11.4 Å². The van der Waals surface area contributed by atoms with Gasteiger partial charge in [-0.25, -0.2) is 18.9 Å². The monoisotopic (exact) mass is 840 g/mol. The number of imidazole rings is 1. The van der Waals surface area contributed by atoms with E-state index in [1.807, 2.05) is 40.9 Å². The summed E-state index contributed by atoms with van der Waals surface area (Å²) in [5.41, 5.74) is 4.22.